The summed E-state index contributed by atoms with van der Waals surface area (Å²) in [6.07, 6.45) is 5.45. The van der Waals surface area contributed by atoms with Crippen molar-refractivity contribution in [3.05, 3.63) is 99.3 Å². The van der Waals surface area contributed by atoms with E-state index in [0.29, 0.717) is 35.1 Å². The summed E-state index contributed by atoms with van der Waals surface area (Å²) >= 11 is 12.9. The molecule has 1 aliphatic heterocycles. The molecule has 37 heavy (non-hydrogen) atoms. The number of nitrogens with zero attached hydrogens (tertiary/aromatic N) is 3. The van der Waals surface area contributed by atoms with Crippen LogP contribution in [0.4, 0.5) is 0 Å². The van der Waals surface area contributed by atoms with E-state index in [-0.39, 0.29) is 5.91 Å². The summed E-state index contributed by atoms with van der Waals surface area (Å²) in [5.41, 5.74) is 4.63. The van der Waals surface area contributed by atoms with Crippen molar-refractivity contribution in [1.82, 2.24) is 19.8 Å². The van der Waals surface area contributed by atoms with Gasteiger partial charge in [-0.1, -0.05) is 60.0 Å². The normalized spacial score (nSPS) is 14.2. The highest BCUT2D eigenvalue weighted by molar-refractivity contribution is 6.36. The molecule has 1 saturated heterocycles. The minimum atomic E-state index is -0.0210. The standard InChI is InChI=1S/C30H32Cl2N4O/c31-25-8-6-9-26(32)24(25)20-29-34-27-10-2-3-11-28(27)36(29)21-22-12-14-23(15-13-22)30(37)33-16-7-19-35-17-4-1-5-18-35/h2-3,6,8-15H,1,4-5,7,16-21H2,(H,33,37). The Bertz CT molecular complexity index is 1340. The van der Waals surface area contributed by atoms with Crippen LogP contribution in [0, 0.1) is 0 Å². The fraction of sp³-hybridized carbons (Fsp3) is 0.333. The molecule has 0 spiro atoms. The van der Waals surface area contributed by atoms with Crippen LogP contribution >= 0.6 is 23.2 Å². The van der Waals surface area contributed by atoms with E-state index >= 15 is 0 Å². The minimum Gasteiger partial charge on any atom is -0.352 e. The van der Waals surface area contributed by atoms with E-state index in [9.17, 15) is 4.79 Å². The van der Waals surface area contributed by atoms with Gasteiger partial charge >= 0.3 is 0 Å². The first kappa shape index (κ1) is 25.8. The van der Waals surface area contributed by atoms with Gasteiger partial charge in [-0.2, -0.15) is 0 Å². The summed E-state index contributed by atoms with van der Waals surface area (Å²) in [6.45, 7) is 4.77. The van der Waals surface area contributed by atoms with E-state index in [1.807, 2.05) is 60.7 Å². The SMILES string of the molecule is O=C(NCCCN1CCCCC1)c1ccc(Cn2c(Cc3c(Cl)cccc3Cl)nc3ccccc32)cc1. The van der Waals surface area contributed by atoms with Crippen molar-refractivity contribution < 1.29 is 4.79 Å². The van der Waals surface area contributed by atoms with Crippen LogP contribution in [0.5, 0.6) is 0 Å². The minimum absolute atomic E-state index is 0.0210. The van der Waals surface area contributed by atoms with Crippen LogP contribution in [0.3, 0.4) is 0 Å². The molecule has 5 nitrogen and oxygen atoms in total. The first-order chi connectivity index (χ1) is 18.1. The lowest BCUT2D eigenvalue weighted by Gasteiger charge is -2.26. The number of imidazole rings is 1. The van der Waals surface area contributed by atoms with Crippen molar-refractivity contribution in [2.75, 3.05) is 26.2 Å². The first-order valence-corrected chi connectivity index (χ1v) is 13.8. The van der Waals surface area contributed by atoms with E-state index < -0.39 is 0 Å². The molecule has 0 bridgehead atoms. The molecule has 2 heterocycles. The van der Waals surface area contributed by atoms with Crippen molar-refractivity contribution in [2.24, 2.45) is 0 Å². The van der Waals surface area contributed by atoms with Crippen LogP contribution in [0.2, 0.25) is 10.0 Å². The number of hydrogen-bond donors (Lipinski definition) is 1. The zero-order chi connectivity index (χ0) is 25.6. The second-order valence-electron chi connectivity index (χ2n) is 9.69. The molecule has 1 fully saturated rings. The molecule has 1 aromatic heterocycles. The Morgan fingerprint density at radius 3 is 2.38 bits per heavy atom. The quantitative estimate of drug-likeness (QED) is 0.246. The van der Waals surface area contributed by atoms with Gasteiger partial charge < -0.3 is 14.8 Å². The Labute approximate surface area is 228 Å². The monoisotopic (exact) mass is 534 g/mol. The highest BCUT2D eigenvalue weighted by Crippen LogP contribution is 2.28. The van der Waals surface area contributed by atoms with E-state index in [2.05, 4.69) is 20.9 Å². The first-order valence-electron chi connectivity index (χ1n) is 13.0. The predicted molar refractivity (Wildman–Crippen MR) is 152 cm³/mol. The average Bonchev–Trinajstić information content (AvgIpc) is 3.26. The second kappa shape index (κ2) is 12.1. The molecular weight excluding hydrogens is 503 g/mol. The highest BCUT2D eigenvalue weighted by Gasteiger charge is 2.15. The smallest absolute Gasteiger partial charge is 0.251 e. The van der Waals surface area contributed by atoms with Crippen LogP contribution < -0.4 is 5.32 Å². The van der Waals surface area contributed by atoms with Gasteiger partial charge in [0.25, 0.3) is 5.91 Å². The van der Waals surface area contributed by atoms with E-state index in [0.717, 1.165) is 41.0 Å². The number of carbonyl (C=O) groups excluding carboxylic acids is 1. The van der Waals surface area contributed by atoms with E-state index in [1.54, 1.807) is 0 Å². The summed E-state index contributed by atoms with van der Waals surface area (Å²) in [6, 6.07) is 21.5. The number of nitrogens with one attached hydrogen (secondary N) is 1. The second-order valence-corrected chi connectivity index (χ2v) is 10.5. The highest BCUT2D eigenvalue weighted by atomic mass is 35.5. The Balaban J connectivity index is 1.26. The number of piperidine rings is 1. The van der Waals surface area contributed by atoms with Gasteiger partial charge in [-0.25, -0.2) is 4.98 Å². The molecule has 0 aliphatic carbocycles. The van der Waals surface area contributed by atoms with Crippen molar-refractivity contribution in [1.29, 1.82) is 0 Å². The van der Waals surface area contributed by atoms with Gasteiger partial charge in [0.1, 0.15) is 5.82 Å². The van der Waals surface area contributed by atoms with Crippen molar-refractivity contribution in [3.8, 4) is 0 Å². The predicted octanol–water partition coefficient (Wildman–Crippen LogP) is 6.59. The Hall–Kier alpha value is -2.86. The zero-order valence-electron chi connectivity index (χ0n) is 20.9. The van der Waals surface area contributed by atoms with Crippen molar-refractivity contribution in [2.45, 2.75) is 38.6 Å². The summed E-state index contributed by atoms with van der Waals surface area (Å²) in [4.78, 5) is 20.0. The van der Waals surface area contributed by atoms with Gasteiger partial charge in [0.2, 0.25) is 0 Å². The molecule has 7 heteroatoms. The van der Waals surface area contributed by atoms with Gasteiger partial charge in [-0.3, -0.25) is 4.79 Å². The number of aromatic nitrogens is 2. The number of para-hydroxylation sites is 2. The fourth-order valence-electron chi connectivity index (χ4n) is 5.03. The largest absolute Gasteiger partial charge is 0.352 e. The van der Waals surface area contributed by atoms with Crippen LogP contribution in [0.15, 0.2) is 66.7 Å². The molecule has 4 aromatic rings. The number of benzene rings is 3. The van der Waals surface area contributed by atoms with Crippen LogP contribution in [-0.2, 0) is 13.0 Å². The van der Waals surface area contributed by atoms with Crippen molar-refractivity contribution >= 4 is 40.1 Å². The van der Waals surface area contributed by atoms with Crippen LogP contribution in [-0.4, -0.2) is 46.5 Å². The maximum Gasteiger partial charge on any atom is 0.251 e. The van der Waals surface area contributed by atoms with Gasteiger partial charge in [-0.15, -0.1) is 0 Å². The lowest BCUT2D eigenvalue weighted by Crippen LogP contribution is -2.33. The lowest BCUT2D eigenvalue weighted by molar-refractivity contribution is 0.0951. The summed E-state index contributed by atoms with van der Waals surface area (Å²) in [5.74, 6) is 0.874. The lowest BCUT2D eigenvalue weighted by atomic mass is 10.1. The van der Waals surface area contributed by atoms with Crippen molar-refractivity contribution in [3.63, 3.8) is 0 Å². The molecule has 3 aromatic carbocycles. The molecule has 1 N–H and O–H groups in total. The number of fused-ring (bicyclic) bond motifs is 1. The molecule has 5 rings (SSSR count). The maximum atomic E-state index is 12.7. The topological polar surface area (TPSA) is 50.2 Å². The van der Waals surface area contributed by atoms with Crippen LogP contribution in [0.1, 0.15) is 53.0 Å². The Morgan fingerprint density at radius 1 is 0.892 bits per heavy atom. The molecule has 0 atom stereocenters. The third-order valence-corrected chi connectivity index (χ3v) is 7.78. The third kappa shape index (κ3) is 6.35. The van der Waals surface area contributed by atoms with Gasteiger partial charge in [0.15, 0.2) is 0 Å². The fourth-order valence-corrected chi connectivity index (χ4v) is 5.56. The van der Waals surface area contributed by atoms with Crippen LogP contribution in [0.25, 0.3) is 11.0 Å². The number of likely N-dealkylation sites (tertiary alicyclic amines) is 1. The zero-order valence-corrected chi connectivity index (χ0v) is 22.4. The molecular formula is C30H32Cl2N4O. The van der Waals surface area contributed by atoms with E-state index in [1.165, 1.54) is 32.4 Å². The molecule has 1 amide bonds. The van der Waals surface area contributed by atoms with Gasteiger partial charge in [-0.05, 0) is 86.4 Å². The summed E-state index contributed by atoms with van der Waals surface area (Å²) in [7, 11) is 0. The Morgan fingerprint density at radius 2 is 1.62 bits per heavy atom. The maximum absolute atomic E-state index is 12.7. The number of rotatable bonds is 9. The molecule has 0 radical (unpaired) electrons. The molecule has 0 saturated carbocycles. The number of halogens is 2. The number of amides is 1. The number of hydrogen-bond acceptors (Lipinski definition) is 3. The molecule has 0 unspecified atom stereocenters. The molecule has 192 valence electrons. The average molecular weight is 536 g/mol. The third-order valence-electron chi connectivity index (χ3n) is 7.07. The Kier molecular flexibility index (Phi) is 8.45. The number of carbonyl (C=O) groups is 1. The summed E-state index contributed by atoms with van der Waals surface area (Å²) in [5, 5.41) is 4.34. The van der Waals surface area contributed by atoms with Gasteiger partial charge in [0, 0.05) is 35.1 Å². The molecule has 1 aliphatic rings. The summed E-state index contributed by atoms with van der Waals surface area (Å²) < 4.78 is 2.20. The van der Waals surface area contributed by atoms with Gasteiger partial charge in [0.05, 0.1) is 11.0 Å². The van der Waals surface area contributed by atoms with E-state index in [4.69, 9.17) is 28.2 Å².